The molecular weight excluding hydrogens is 336 g/mol. The number of likely N-dealkylation sites (tertiary alicyclic amines) is 1. The van der Waals surface area contributed by atoms with Crippen LogP contribution < -0.4 is 10.1 Å². The van der Waals surface area contributed by atoms with Crippen molar-refractivity contribution in [1.29, 1.82) is 0 Å². The fraction of sp³-hybridized carbons (Fsp3) is 0.467. The van der Waals surface area contributed by atoms with Crippen LogP contribution in [0.4, 0.5) is 0 Å². The molecule has 0 aliphatic carbocycles. The van der Waals surface area contributed by atoms with E-state index >= 15 is 0 Å². The van der Waals surface area contributed by atoms with Crippen molar-refractivity contribution in [2.24, 2.45) is 0 Å². The molecule has 1 aromatic rings. The van der Waals surface area contributed by atoms with E-state index in [1.165, 1.54) is 0 Å². The molecule has 1 N–H and O–H groups in total. The number of halogens is 1. The zero-order chi connectivity index (χ0) is 15.1. The molecule has 114 valence electrons. The summed E-state index contributed by atoms with van der Waals surface area (Å²) >= 11 is 3.34. The predicted octanol–water partition coefficient (Wildman–Crippen LogP) is 1.96. The first kappa shape index (κ1) is 15.8. The molecule has 0 saturated carbocycles. The Kier molecular flexibility index (Phi) is 6.04. The van der Waals surface area contributed by atoms with Crippen LogP contribution in [0.15, 0.2) is 28.7 Å². The largest absolute Gasteiger partial charge is 0.484 e. The first-order valence-electron chi connectivity index (χ1n) is 7.08. The third-order valence-electron chi connectivity index (χ3n) is 3.26. The molecule has 1 aromatic carbocycles. The van der Waals surface area contributed by atoms with E-state index in [9.17, 15) is 9.59 Å². The lowest BCUT2D eigenvalue weighted by molar-refractivity contribution is -0.127. The number of carbonyl (C=O) groups excluding carboxylic acids is 2. The van der Waals surface area contributed by atoms with Gasteiger partial charge in [0.1, 0.15) is 5.75 Å². The average Bonchev–Trinajstić information content (AvgIpc) is 2.87. The van der Waals surface area contributed by atoms with Gasteiger partial charge in [-0.25, -0.2) is 0 Å². The lowest BCUT2D eigenvalue weighted by Crippen LogP contribution is -2.33. The van der Waals surface area contributed by atoms with Crippen LogP contribution in [-0.2, 0) is 9.59 Å². The Morgan fingerprint density at radius 1 is 1.43 bits per heavy atom. The Morgan fingerprint density at radius 3 is 3.00 bits per heavy atom. The van der Waals surface area contributed by atoms with E-state index in [4.69, 9.17) is 4.74 Å². The summed E-state index contributed by atoms with van der Waals surface area (Å²) in [4.78, 5) is 24.9. The number of carbonyl (C=O) groups is 2. The summed E-state index contributed by atoms with van der Waals surface area (Å²) in [5.74, 6) is 0.726. The van der Waals surface area contributed by atoms with E-state index < -0.39 is 0 Å². The number of rotatable bonds is 7. The van der Waals surface area contributed by atoms with Crippen LogP contribution in [0.5, 0.6) is 5.75 Å². The summed E-state index contributed by atoms with van der Waals surface area (Å²) in [6.07, 6.45) is 2.38. The maximum Gasteiger partial charge on any atom is 0.257 e. The highest BCUT2D eigenvalue weighted by molar-refractivity contribution is 9.10. The van der Waals surface area contributed by atoms with Crippen LogP contribution >= 0.6 is 15.9 Å². The van der Waals surface area contributed by atoms with Crippen LogP contribution in [0.1, 0.15) is 19.3 Å². The highest BCUT2D eigenvalue weighted by Crippen LogP contribution is 2.17. The van der Waals surface area contributed by atoms with Crippen LogP contribution in [0.25, 0.3) is 0 Å². The summed E-state index contributed by atoms with van der Waals surface area (Å²) in [5.41, 5.74) is 0. The van der Waals surface area contributed by atoms with Crippen molar-refractivity contribution in [2.75, 3.05) is 26.2 Å². The van der Waals surface area contributed by atoms with Crippen LogP contribution in [0.3, 0.4) is 0 Å². The molecule has 0 unspecified atom stereocenters. The number of ether oxygens (including phenoxy) is 1. The Hall–Kier alpha value is -1.56. The van der Waals surface area contributed by atoms with E-state index in [0.717, 1.165) is 23.9 Å². The molecule has 5 nitrogen and oxygen atoms in total. The minimum Gasteiger partial charge on any atom is -0.484 e. The summed E-state index contributed by atoms with van der Waals surface area (Å²) in [5, 5.41) is 2.79. The summed E-state index contributed by atoms with van der Waals surface area (Å²) in [6.45, 7) is 2.12. The molecule has 21 heavy (non-hydrogen) atoms. The molecule has 1 fully saturated rings. The molecule has 0 bridgehead atoms. The Balaban J connectivity index is 1.58. The van der Waals surface area contributed by atoms with E-state index in [0.29, 0.717) is 25.3 Å². The summed E-state index contributed by atoms with van der Waals surface area (Å²) < 4.78 is 6.30. The normalized spacial score (nSPS) is 14.3. The number of benzene rings is 1. The minimum atomic E-state index is -0.150. The zero-order valence-electron chi connectivity index (χ0n) is 11.8. The lowest BCUT2D eigenvalue weighted by Gasteiger charge is -2.15. The van der Waals surface area contributed by atoms with Gasteiger partial charge in [0, 0.05) is 30.5 Å². The van der Waals surface area contributed by atoms with Crippen LogP contribution in [-0.4, -0.2) is 43.0 Å². The van der Waals surface area contributed by atoms with Crippen molar-refractivity contribution in [2.45, 2.75) is 19.3 Å². The fourth-order valence-electron chi connectivity index (χ4n) is 2.19. The zero-order valence-corrected chi connectivity index (χ0v) is 13.4. The maximum atomic E-state index is 11.6. The van der Waals surface area contributed by atoms with Crippen molar-refractivity contribution in [1.82, 2.24) is 10.2 Å². The van der Waals surface area contributed by atoms with E-state index in [1.807, 2.05) is 23.1 Å². The molecule has 0 aromatic heterocycles. The van der Waals surface area contributed by atoms with E-state index in [-0.39, 0.29) is 18.4 Å². The van der Waals surface area contributed by atoms with Crippen molar-refractivity contribution < 1.29 is 14.3 Å². The molecule has 1 heterocycles. The number of nitrogens with one attached hydrogen (secondary N) is 1. The molecule has 1 aliphatic rings. The first-order chi connectivity index (χ1) is 10.1. The number of amides is 2. The number of nitrogens with zero attached hydrogens (tertiary/aromatic N) is 1. The Labute approximate surface area is 132 Å². The summed E-state index contributed by atoms with van der Waals surface area (Å²) in [6, 6.07) is 7.36. The van der Waals surface area contributed by atoms with Crippen molar-refractivity contribution in [3.8, 4) is 5.75 Å². The Morgan fingerprint density at radius 2 is 2.29 bits per heavy atom. The highest BCUT2D eigenvalue weighted by atomic mass is 79.9. The molecule has 0 radical (unpaired) electrons. The topological polar surface area (TPSA) is 58.6 Å². The van der Waals surface area contributed by atoms with Gasteiger partial charge in [-0.3, -0.25) is 9.59 Å². The van der Waals surface area contributed by atoms with Crippen molar-refractivity contribution >= 4 is 27.7 Å². The van der Waals surface area contributed by atoms with Gasteiger partial charge >= 0.3 is 0 Å². The number of hydrogen-bond acceptors (Lipinski definition) is 3. The van der Waals surface area contributed by atoms with Crippen LogP contribution in [0.2, 0.25) is 0 Å². The summed E-state index contributed by atoms with van der Waals surface area (Å²) in [7, 11) is 0. The first-order valence-corrected chi connectivity index (χ1v) is 7.87. The lowest BCUT2D eigenvalue weighted by atomic mass is 10.3. The van der Waals surface area contributed by atoms with Gasteiger partial charge in [0.2, 0.25) is 5.91 Å². The molecule has 0 atom stereocenters. The highest BCUT2D eigenvalue weighted by Gasteiger charge is 2.18. The van der Waals surface area contributed by atoms with E-state index in [2.05, 4.69) is 21.2 Å². The molecule has 2 rings (SSSR count). The predicted molar refractivity (Wildman–Crippen MR) is 83.1 cm³/mol. The van der Waals surface area contributed by atoms with Gasteiger partial charge in [0.05, 0.1) is 0 Å². The maximum absolute atomic E-state index is 11.6. The second-order valence-electron chi connectivity index (χ2n) is 4.93. The van der Waals surface area contributed by atoms with Gasteiger partial charge in [-0.05, 0) is 31.0 Å². The Bertz CT molecular complexity index is 507. The molecule has 1 saturated heterocycles. The molecule has 6 heteroatoms. The second kappa shape index (κ2) is 8.02. The van der Waals surface area contributed by atoms with Gasteiger partial charge in [-0.15, -0.1) is 0 Å². The van der Waals surface area contributed by atoms with E-state index in [1.54, 1.807) is 6.07 Å². The smallest absolute Gasteiger partial charge is 0.257 e. The molecular formula is C15H19BrN2O3. The van der Waals surface area contributed by atoms with Gasteiger partial charge in [0.25, 0.3) is 5.91 Å². The van der Waals surface area contributed by atoms with Gasteiger partial charge < -0.3 is 15.0 Å². The van der Waals surface area contributed by atoms with Gasteiger partial charge in [-0.1, -0.05) is 22.0 Å². The molecule has 0 spiro atoms. The minimum absolute atomic E-state index is 0.000895. The quantitative estimate of drug-likeness (QED) is 0.761. The van der Waals surface area contributed by atoms with Gasteiger partial charge in [0.15, 0.2) is 6.61 Å². The number of hydrogen-bond donors (Lipinski definition) is 1. The third-order valence-corrected chi connectivity index (χ3v) is 3.76. The standard InChI is InChI=1S/C15H19BrN2O3/c16-12-4-1-5-13(10-12)21-11-14(19)17-7-3-9-18-8-2-6-15(18)20/h1,4-5,10H,2-3,6-9,11H2,(H,17,19). The van der Waals surface area contributed by atoms with Crippen LogP contribution in [0, 0.1) is 0 Å². The SMILES string of the molecule is O=C(COc1cccc(Br)c1)NCCCN1CCCC1=O. The average molecular weight is 355 g/mol. The molecule has 1 aliphatic heterocycles. The second-order valence-corrected chi connectivity index (χ2v) is 5.85. The fourth-order valence-corrected chi connectivity index (χ4v) is 2.57. The van der Waals surface area contributed by atoms with Crippen molar-refractivity contribution in [3.63, 3.8) is 0 Å². The van der Waals surface area contributed by atoms with Gasteiger partial charge in [-0.2, -0.15) is 0 Å². The molecule has 2 amide bonds. The third kappa shape index (κ3) is 5.38. The van der Waals surface area contributed by atoms with Crippen molar-refractivity contribution in [3.05, 3.63) is 28.7 Å². The monoisotopic (exact) mass is 354 g/mol.